The number of hydrogen-bond donors (Lipinski definition) is 0. The standard InChI is InChI=1S/C22H15Cl2NO4S/c1-28-16-9-7-14(8-10-16)20-22(21(29-25-20)15-5-3-2-4-6-15)30(26,27)17-11-12-18(23)19(24)13-17/h2-13H,1H3. The molecule has 1 aromatic heterocycles. The molecule has 8 heteroatoms. The van der Waals surface area contributed by atoms with Crippen LogP contribution in [0, 0.1) is 0 Å². The SMILES string of the molecule is COc1ccc(-c2noc(-c3ccccc3)c2S(=O)(=O)c2ccc(Cl)c(Cl)c2)cc1. The predicted molar refractivity (Wildman–Crippen MR) is 116 cm³/mol. The van der Waals surface area contributed by atoms with E-state index in [1.807, 2.05) is 6.07 Å². The second-order valence-corrected chi connectivity index (χ2v) is 9.06. The van der Waals surface area contributed by atoms with Crippen LogP contribution in [0.2, 0.25) is 10.0 Å². The van der Waals surface area contributed by atoms with Crippen molar-refractivity contribution in [3.63, 3.8) is 0 Å². The molecule has 1 heterocycles. The number of benzene rings is 3. The molecule has 0 saturated carbocycles. The van der Waals surface area contributed by atoms with E-state index in [9.17, 15) is 8.42 Å². The quantitative estimate of drug-likeness (QED) is 0.357. The predicted octanol–water partition coefficient (Wildman–Crippen LogP) is 6.16. The molecule has 0 saturated heterocycles. The molecular weight excluding hydrogens is 445 g/mol. The first-order chi connectivity index (χ1) is 14.4. The van der Waals surface area contributed by atoms with Crippen LogP contribution in [0.4, 0.5) is 0 Å². The van der Waals surface area contributed by atoms with Crippen molar-refractivity contribution in [3.8, 4) is 28.3 Å². The van der Waals surface area contributed by atoms with E-state index in [2.05, 4.69) is 5.16 Å². The van der Waals surface area contributed by atoms with Crippen molar-refractivity contribution < 1.29 is 17.7 Å². The largest absolute Gasteiger partial charge is 0.497 e. The van der Waals surface area contributed by atoms with Gasteiger partial charge >= 0.3 is 0 Å². The summed E-state index contributed by atoms with van der Waals surface area (Å²) in [5.41, 5.74) is 1.35. The van der Waals surface area contributed by atoms with E-state index in [4.69, 9.17) is 32.5 Å². The third-order valence-electron chi connectivity index (χ3n) is 4.52. The van der Waals surface area contributed by atoms with Crippen LogP contribution < -0.4 is 4.74 Å². The summed E-state index contributed by atoms with van der Waals surface area (Å²) < 4.78 is 38.0. The number of hydrogen-bond acceptors (Lipinski definition) is 5. The molecule has 0 spiro atoms. The zero-order chi connectivity index (χ0) is 21.3. The van der Waals surface area contributed by atoms with Gasteiger partial charge in [-0.2, -0.15) is 0 Å². The lowest BCUT2D eigenvalue weighted by Crippen LogP contribution is -2.04. The monoisotopic (exact) mass is 459 g/mol. The maximum Gasteiger partial charge on any atom is 0.212 e. The number of halogens is 2. The van der Waals surface area contributed by atoms with Crippen molar-refractivity contribution in [2.24, 2.45) is 0 Å². The molecular formula is C22H15Cl2NO4S. The molecule has 0 aliphatic carbocycles. The van der Waals surface area contributed by atoms with Crippen LogP contribution in [0.3, 0.4) is 0 Å². The zero-order valence-electron chi connectivity index (χ0n) is 15.7. The Hall–Kier alpha value is -2.80. The number of aromatic nitrogens is 1. The van der Waals surface area contributed by atoms with E-state index in [1.165, 1.54) is 18.2 Å². The van der Waals surface area contributed by atoms with Crippen LogP contribution in [0.1, 0.15) is 0 Å². The zero-order valence-corrected chi connectivity index (χ0v) is 18.0. The fourth-order valence-electron chi connectivity index (χ4n) is 3.00. The van der Waals surface area contributed by atoms with Gasteiger partial charge in [-0.15, -0.1) is 0 Å². The van der Waals surface area contributed by atoms with Gasteiger partial charge in [0.1, 0.15) is 16.3 Å². The van der Waals surface area contributed by atoms with Gasteiger partial charge in [0.25, 0.3) is 0 Å². The molecule has 0 bridgehead atoms. The van der Waals surface area contributed by atoms with Gasteiger partial charge in [0, 0.05) is 11.1 Å². The Morgan fingerprint density at radius 3 is 2.20 bits per heavy atom. The van der Waals surface area contributed by atoms with Gasteiger partial charge in [0.05, 0.1) is 22.1 Å². The highest BCUT2D eigenvalue weighted by Gasteiger charge is 2.32. The van der Waals surface area contributed by atoms with Gasteiger partial charge in [0.2, 0.25) is 9.84 Å². The molecule has 30 heavy (non-hydrogen) atoms. The molecule has 0 aliphatic rings. The fourth-order valence-corrected chi connectivity index (χ4v) is 4.93. The van der Waals surface area contributed by atoms with Crippen molar-refractivity contribution in [2.75, 3.05) is 7.11 Å². The van der Waals surface area contributed by atoms with Crippen molar-refractivity contribution in [1.82, 2.24) is 5.16 Å². The Labute approximate surface area is 183 Å². The summed E-state index contributed by atoms with van der Waals surface area (Å²) in [6.07, 6.45) is 0. The van der Waals surface area contributed by atoms with Crippen LogP contribution in [0.15, 0.2) is 87.1 Å². The third-order valence-corrected chi connectivity index (χ3v) is 7.05. The van der Waals surface area contributed by atoms with E-state index >= 15 is 0 Å². The lowest BCUT2D eigenvalue weighted by atomic mass is 10.1. The number of nitrogens with zero attached hydrogens (tertiary/aromatic N) is 1. The highest BCUT2D eigenvalue weighted by molar-refractivity contribution is 7.91. The first-order valence-corrected chi connectivity index (χ1v) is 11.1. The molecule has 0 fully saturated rings. The molecule has 0 radical (unpaired) electrons. The highest BCUT2D eigenvalue weighted by Crippen LogP contribution is 2.40. The number of ether oxygens (including phenoxy) is 1. The molecule has 5 nitrogen and oxygen atoms in total. The average molecular weight is 460 g/mol. The fraction of sp³-hybridized carbons (Fsp3) is 0.0455. The summed E-state index contributed by atoms with van der Waals surface area (Å²) >= 11 is 12.0. The Morgan fingerprint density at radius 1 is 0.867 bits per heavy atom. The van der Waals surface area contributed by atoms with Crippen molar-refractivity contribution in [1.29, 1.82) is 0 Å². The molecule has 152 valence electrons. The van der Waals surface area contributed by atoms with Gasteiger partial charge in [-0.25, -0.2) is 8.42 Å². The van der Waals surface area contributed by atoms with Crippen LogP contribution in [0.5, 0.6) is 5.75 Å². The van der Waals surface area contributed by atoms with Gasteiger partial charge in [-0.3, -0.25) is 0 Å². The van der Waals surface area contributed by atoms with Crippen molar-refractivity contribution in [2.45, 2.75) is 9.79 Å². The second kappa shape index (κ2) is 8.14. The molecule has 3 aromatic carbocycles. The minimum Gasteiger partial charge on any atom is -0.497 e. The maximum absolute atomic E-state index is 13.6. The van der Waals surface area contributed by atoms with Crippen molar-refractivity contribution >= 4 is 33.0 Å². The second-order valence-electron chi connectivity index (χ2n) is 6.36. The summed E-state index contributed by atoms with van der Waals surface area (Å²) in [5, 5.41) is 4.50. The molecule has 0 unspecified atom stereocenters. The van der Waals surface area contributed by atoms with Crippen molar-refractivity contribution in [3.05, 3.63) is 82.8 Å². The Morgan fingerprint density at radius 2 is 1.57 bits per heavy atom. The van der Waals surface area contributed by atoms with Gasteiger partial charge in [0.15, 0.2) is 5.76 Å². The topological polar surface area (TPSA) is 69.4 Å². The van der Waals surface area contributed by atoms with E-state index in [0.717, 1.165) is 0 Å². The number of sulfone groups is 1. The van der Waals surface area contributed by atoms with Crippen LogP contribution in [0.25, 0.3) is 22.6 Å². The molecule has 0 aliphatic heterocycles. The maximum atomic E-state index is 13.6. The minimum atomic E-state index is -4.04. The normalized spacial score (nSPS) is 11.4. The number of rotatable bonds is 5. The summed E-state index contributed by atoms with van der Waals surface area (Å²) in [7, 11) is -2.48. The highest BCUT2D eigenvalue weighted by atomic mass is 35.5. The summed E-state index contributed by atoms with van der Waals surface area (Å²) in [6, 6.07) is 20.0. The molecule has 0 N–H and O–H groups in total. The lowest BCUT2D eigenvalue weighted by molar-refractivity contribution is 0.415. The van der Waals surface area contributed by atoms with Gasteiger partial charge in [-0.1, -0.05) is 58.7 Å². The van der Waals surface area contributed by atoms with E-state index in [-0.39, 0.29) is 31.3 Å². The molecule has 4 aromatic rings. The minimum absolute atomic E-state index is 0.00737. The van der Waals surface area contributed by atoms with Crippen LogP contribution in [-0.2, 0) is 9.84 Å². The van der Waals surface area contributed by atoms with E-state index in [1.54, 1.807) is 55.6 Å². The number of methoxy groups -OCH3 is 1. The smallest absolute Gasteiger partial charge is 0.212 e. The van der Waals surface area contributed by atoms with E-state index < -0.39 is 9.84 Å². The lowest BCUT2D eigenvalue weighted by Gasteiger charge is -2.08. The Bertz CT molecular complexity index is 1300. The third kappa shape index (κ3) is 3.69. The summed E-state index contributed by atoms with van der Waals surface area (Å²) in [4.78, 5) is -0.0516. The molecule has 0 amide bonds. The van der Waals surface area contributed by atoms with Crippen LogP contribution >= 0.6 is 23.2 Å². The first-order valence-electron chi connectivity index (χ1n) is 8.81. The molecule has 0 atom stereocenters. The van der Waals surface area contributed by atoms with Gasteiger partial charge < -0.3 is 9.26 Å². The van der Waals surface area contributed by atoms with Gasteiger partial charge in [-0.05, 0) is 42.5 Å². The van der Waals surface area contributed by atoms with E-state index in [0.29, 0.717) is 16.9 Å². The molecule has 4 rings (SSSR count). The summed E-state index contributed by atoms with van der Waals surface area (Å²) in [5.74, 6) is 0.784. The first kappa shape index (κ1) is 20.5. The Balaban J connectivity index is 1.97. The Kier molecular flexibility index (Phi) is 5.56. The van der Waals surface area contributed by atoms with Crippen LogP contribution in [-0.4, -0.2) is 20.7 Å². The average Bonchev–Trinajstić information content (AvgIpc) is 3.22. The summed E-state index contributed by atoms with van der Waals surface area (Å²) in [6.45, 7) is 0.